The molecule has 1 saturated heterocycles. The maximum Gasteiger partial charge on any atom is 0.349 e. The molecule has 1 aromatic heterocycles. The summed E-state index contributed by atoms with van der Waals surface area (Å²) < 4.78 is 5.26. The summed E-state index contributed by atoms with van der Waals surface area (Å²) in [5, 5.41) is 3.68. The molecule has 3 rings (SSSR count). The fourth-order valence-corrected chi connectivity index (χ4v) is 3.88. The van der Waals surface area contributed by atoms with Crippen molar-refractivity contribution in [2.45, 2.75) is 39.7 Å². The van der Waals surface area contributed by atoms with Crippen LogP contribution in [0.1, 0.15) is 44.5 Å². The van der Waals surface area contributed by atoms with E-state index in [4.69, 9.17) is 4.42 Å². The van der Waals surface area contributed by atoms with Gasteiger partial charge in [-0.2, -0.15) is 0 Å². The van der Waals surface area contributed by atoms with Gasteiger partial charge in [0.2, 0.25) is 0 Å². The smallest absolute Gasteiger partial charge is 0.349 e. The molecular weight excluding hydrogens is 328 g/mol. The van der Waals surface area contributed by atoms with Gasteiger partial charge in [-0.3, -0.25) is 9.69 Å². The molecular formula is C21H28N2O3. The molecule has 2 atom stereocenters. The maximum atomic E-state index is 12.6. The van der Waals surface area contributed by atoms with Crippen LogP contribution in [0.2, 0.25) is 0 Å². The molecule has 2 heterocycles. The highest BCUT2D eigenvalue weighted by Gasteiger charge is 2.33. The summed E-state index contributed by atoms with van der Waals surface area (Å²) in [4.78, 5) is 27.2. The van der Waals surface area contributed by atoms with Gasteiger partial charge in [0.15, 0.2) is 0 Å². The average Bonchev–Trinajstić information content (AvgIpc) is 2.58. The zero-order valence-electron chi connectivity index (χ0n) is 16.0. The Labute approximate surface area is 154 Å². The summed E-state index contributed by atoms with van der Waals surface area (Å²) in [6.45, 7) is 11.4. The number of para-hydroxylation sites is 1. The topological polar surface area (TPSA) is 62.6 Å². The minimum absolute atomic E-state index is 0.0554. The highest BCUT2D eigenvalue weighted by atomic mass is 16.4. The Hall–Kier alpha value is -2.14. The van der Waals surface area contributed by atoms with Gasteiger partial charge in [0.05, 0.1) is 0 Å². The van der Waals surface area contributed by atoms with E-state index in [0.717, 1.165) is 18.5 Å². The number of benzene rings is 1. The second-order valence-corrected chi connectivity index (χ2v) is 8.33. The van der Waals surface area contributed by atoms with Crippen molar-refractivity contribution in [3.05, 3.63) is 46.3 Å². The number of fused-ring (bicyclic) bond motifs is 1. The number of hydrogen-bond donors (Lipinski definition) is 1. The van der Waals surface area contributed by atoms with Crippen molar-refractivity contribution in [3.8, 4) is 0 Å². The Morgan fingerprint density at radius 1 is 1.23 bits per heavy atom. The first-order valence-electron chi connectivity index (χ1n) is 9.32. The first-order chi connectivity index (χ1) is 12.3. The van der Waals surface area contributed by atoms with E-state index >= 15 is 0 Å². The van der Waals surface area contributed by atoms with Gasteiger partial charge in [0.1, 0.15) is 11.1 Å². The number of amides is 1. The molecule has 2 aromatic rings. The van der Waals surface area contributed by atoms with Crippen LogP contribution in [0.5, 0.6) is 0 Å². The van der Waals surface area contributed by atoms with Crippen molar-refractivity contribution in [2.75, 3.05) is 19.6 Å². The van der Waals surface area contributed by atoms with Crippen LogP contribution in [-0.4, -0.2) is 36.0 Å². The van der Waals surface area contributed by atoms with Crippen molar-refractivity contribution in [1.82, 2.24) is 10.2 Å². The lowest BCUT2D eigenvalue weighted by Gasteiger charge is -2.45. The molecule has 0 saturated carbocycles. The van der Waals surface area contributed by atoms with Crippen LogP contribution in [0.3, 0.4) is 0 Å². The predicted octanol–water partition coefficient (Wildman–Crippen LogP) is 3.28. The Bertz CT molecular complexity index is 846. The Morgan fingerprint density at radius 3 is 2.58 bits per heavy atom. The second-order valence-electron chi connectivity index (χ2n) is 8.33. The minimum atomic E-state index is -0.598. The van der Waals surface area contributed by atoms with Gasteiger partial charge in [-0.1, -0.05) is 32.0 Å². The summed E-state index contributed by atoms with van der Waals surface area (Å²) >= 11 is 0. The van der Waals surface area contributed by atoms with Gasteiger partial charge >= 0.3 is 5.63 Å². The fourth-order valence-electron chi connectivity index (χ4n) is 3.88. The van der Waals surface area contributed by atoms with E-state index < -0.39 is 5.63 Å². The molecule has 1 amide bonds. The number of carbonyl (C=O) groups excluding carboxylic acids is 1. The molecule has 1 fully saturated rings. The van der Waals surface area contributed by atoms with E-state index in [1.54, 1.807) is 18.2 Å². The number of hydrogen-bond acceptors (Lipinski definition) is 4. The average molecular weight is 356 g/mol. The SMILES string of the molecule is CC1CC(C)CN(C(C)(C)CNC(=O)c2cc3ccccc3oc2=O)C1. The number of carbonyl (C=O) groups is 1. The van der Waals surface area contributed by atoms with Crippen LogP contribution in [0.4, 0.5) is 0 Å². The van der Waals surface area contributed by atoms with Crippen LogP contribution >= 0.6 is 0 Å². The van der Waals surface area contributed by atoms with Crippen molar-refractivity contribution >= 4 is 16.9 Å². The molecule has 1 N–H and O–H groups in total. The van der Waals surface area contributed by atoms with Gasteiger partial charge in [-0.15, -0.1) is 0 Å². The van der Waals surface area contributed by atoms with Crippen LogP contribution < -0.4 is 10.9 Å². The predicted molar refractivity (Wildman–Crippen MR) is 103 cm³/mol. The second kappa shape index (κ2) is 7.23. The van der Waals surface area contributed by atoms with Gasteiger partial charge in [-0.25, -0.2) is 4.79 Å². The molecule has 0 radical (unpaired) electrons. The molecule has 0 aliphatic carbocycles. The van der Waals surface area contributed by atoms with Gasteiger partial charge in [0, 0.05) is 30.6 Å². The zero-order chi connectivity index (χ0) is 18.9. The van der Waals surface area contributed by atoms with Crippen molar-refractivity contribution in [1.29, 1.82) is 0 Å². The van der Waals surface area contributed by atoms with Crippen LogP contribution in [-0.2, 0) is 0 Å². The first-order valence-corrected chi connectivity index (χ1v) is 9.32. The monoisotopic (exact) mass is 356 g/mol. The van der Waals surface area contributed by atoms with Crippen LogP contribution in [0, 0.1) is 11.8 Å². The lowest BCUT2D eigenvalue weighted by molar-refractivity contribution is 0.0444. The Balaban J connectivity index is 1.72. The third-order valence-corrected chi connectivity index (χ3v) is 5.29. The molecule has 26 heavy (non-hydrogen) atoms. The van der Waals surface area contributed by atoms with Crippen molar-refractivity contribution < 1.29 is 9.21 Å². The van der Waals surface area contributed by atoms with E-state index in [0.29, 0.717) is 24.0 Å². The van der Waals surface area contributed by atoms with E-state index in [1.165, 1.54) is 6.42 Å². The minimum Gasteiger partial charge on any atom is -0.422 e. The lowest BCUT2D eigenvalue weighted by atomic mass is 9.88. The van der Waals surface area contributed by atoms with E-state index in [2.05, 4.69) is 37.9 Å². The van der Waals surface area contributed by atoms with Crippen LogP contribution in [0.15, 0.2) is 39.5 Å². The zero-order valence-corrected chi connectivity index (χ0v) is 16.0. The molecule has 2 unspecified atom stereocenters. The molecule has 0 bridgehead atoms. The number of piperidine rings is 1. The third-order valence-electron chi connectivity index (χ3n) is 5.29. The number of nitrogens with one attached hydrogen (secondary N) is 1. The van der Waals surface area contributed by atoms with Crippen molar-refractivity contribution in [2.24, 2.45) is 11.8 Å². The molecule has 140 valence electrons. The summed E-state index contributed by atoms with van der Waals surface area (Å²) in [5.41, 5.74) is -0.222. The molecule has 5 nitrogen and oxygen atoms in total. The maximum absolute atomic E-state index is 12.6. The summed E-state index contributed by atoms with van der Waals surface area (Å²) in [6, 6.07) is 8.81. The standard InChI is InChI=1S/C21H28N2O3/c1-14-9-15(2)12-23(11-14)21(3,4)13-22-19(24)17-10-16-7-5-6-8-18(16)26-20(17)25/h5-8,10,14-15H,9,11-13H2,1-4H3,(H,22,24). The summed E-state index contributed by atoms with van der Waals surface area (Å²) in [7, 11) is 0. The van der Waals surface area contributed by atoms with Crippen LogP contribution in [0.25, 0.3) is 11.0 Å². The highest BCUT2D eigenvalue weighted by Crippen LogP contribution is 2.26. The third kappa shape index (κ3) is 3.98. The normalized spacial score (nSPS) is 21.7. The highest BCUT2D eigenvalue weighted by molar-refractivity contribution is 5.96. The van der Waals surface area contributed by atoms with E-state index in [1.807, 2.05) is 12.1 Å². The lowest BCUT2D eigenvalue weighted by Crippen LogP contribution is -2.56. The fraction of sp³-hybridized carbons (Fsp3) is 0.524. The molecule has 0 spiro atoms. The quantitative estimate of drug-likeness (QED) is 0.854. The molecule has 1 aliphatic heterocycles. The Morgan fingerprint density at radius 2 is 1.88 bits per heavy atom. The van der Waals surface area contributed by atoms with Crippen molar-refractivity contribution in [3.63, 3.8) is 0 Å². The number of rotatable bonds is 4. The molecule has 1 aromatic carbocycles. The number of nitrogens with zero attached hydrogens (tertiary/aromatic N) is 1. The Kier molecular flexibility index (Phi) is 5.19. The summed E-state index contributed by atoms with van der Waals surface area (Å²) in [6.07, 6.45) is 1.25. The summed E-state index contributed by atoms with van der Waals surface area (Å²) in [5.74, 6) is 0.929. The molecule has 1 aliphatic rings. The van der Waals surface area contributed by atoms with Gasteiger partial charge in [0.25, 0.3) is 5.91 Å². The van der Waals surface area contributed by atoms with E-state index in [9.17, 15) is 9.59 Å². The molecule has 5 heteroatoms. The van der Waals surface area contributed by atoms with E-state index in [-0.39, 0.29) is 17.0 Å². The first kappa shape index (κ1) is 18.6. The number of likely N-dealkylation sites (tertiary alicyclic amines) is 1. The largest absolute Gasteiger partial charge is 0.422 e. The van der Waals surface area contributed by atoms with Gasteiger partial charge < -0.3 is 9.73 Å². The van der Waals surface area contributed by atoms with Gasteiger partial charge in [-0.05, 0) is 44.2 Å².